The van der Waals surface area contributed by atoms with Crippen molar-refractivity contribution in [1.29, 1.82) is 0 Å². The lowest BCUT2D eigenvalue weighted by atomic mass is 10.1. The fourth-order valence-corrected chi connectivity index (χ4v) is 1.85. The molecule has 100 valence electrons. The molecule has 1 atom stereocenters. The Kier molecular flexibility index (Phi) is 4.95. The van der Waals surface area contributed by atoms with Gasteiger partial charge in [0.1, 0.15) is 12.4 Å². The molecule has 0 aliphatic rings. The molecular weight excluding hydrogens is 238 g/mol. The maximum Gasteiger partial charge on any atom is 0.119 e. The van der Waals surface area contributed by atoms with Gasteiger partial charge in [-0.3, -0.25) is 0 Å². The Morgan fingerprint density at radius 2 is 1.68 bits per heavy atom. The van der Waals surface area contributed by atoms with Gasteiger partial charge in [-0.25, -0.2) is 0 Å². The van der Waals surface area contributed by atoms with E-state index in [4.69, 9.17) is 10.5 Å². The van der Waals surface area contributed by atoms with Gasteiger partial charge in [0.15, 0.2) is 0 Å². The van der Waals surface area contributed by atoms with Crippen LogP contribution in [0, 0.1) is 0 Å². The Balaban J connectivity index is 1.92. The largest absolute Gasteiger partial charge is 0.489 e. The average Bonchev–Trinajstić information content (AvgIpc) is 2.47. The third kappa shape index (κ3) is 4.09. The van der Waals surface area contributed by atoms with Crippen LogP contribution in [0.5, 0.6) is 5.75 Å². The number of aliphatic hydroxyl groups is 1. The average molecular weight is 257 g/mol. The summed E-state index contributed by atoms with van der Waals surface area (Å²) < 4.78 is 5.68. The smallest absolute Gasteiger partial charge is 0.119 e. The molecule has 2 rings (SSSR count). The van der Waals surface area contributed by atoms with E-state index in [-0.39, 0.29) is 0 Å². The van der Waals surface area contributed by atoms with Crippen molar-refractivity contribution in [1.82, 2.24) is 0 Å². The van der Waals surface area contributed by atoms with Gasteiger partial charge in [0.25, 0.3) is 0 Å². The Morgan fingerprint density at radius 1 is 1.00 bits per heavy atom. The molecule has 0 radical (unpaired) electrons. The molecule has 1 unspecified atom stereocenters. The lowest BCUT2D eigenvalue weighted by Crippen LogP contribution is -2.06. The summed E-state index contributed by atoms with van der Waals surface area (Å²) in [6, 6.07) is 17.5. The van der Waals surface area contributed by atoms with Crippen LogP contribution in [0.2, 0.25) is 0 Å². The minimum atomic E-state index is -0.492. The van der Waals surface area contributed by atoms with Crippen LogP contribution >= 0.6 is 0 Å². The molecule has 0 heterocycles. The van der Waals surface area contributed by atoms with E-state index in [1.54, 1.807) is 0 Å². The van der Waals surface area contributed by atoms with Crippen LogP contribution in [-0.4, -0.2) is 11.7 Å². The normalized spacial score (nSPS) is 12.1. The lowest BCUT2D eigenvalue weighted by molar-refractivity contribution is 0.170. The minimum Gasteiger partial charge on any atom is -0.489 e. The summed E-state index contributed by atoms with van der Waals surface area (Å²) in [6.07, 6.45) is 0.0812. The third-order valence-electron chi connectivity index (χ3n) is 2.95. The van der Waals surface area contributed by atoms with Crippen molar-refractivity contribution in [2.45, 2.75) is 19.1 Å². The lowest BCUT2D eigenvalue weighted by Gasteiger charge is -2.11. The Bertz CT molecular complexity index is 482. The minimum absolute atomic E-state index is 0.480. The molecule has 0 aliphatic carbocycles. The molecule has 19 heavy (non-hydrogen) atoms. The van der Waals surface area contributed by atoms with Crippen molar-refractivity contribution in [3.8, 4) is 5.75 Å². The highest BCUT2D eigenvalue weighted by molar-refractivity contribution is 5.29. The van der Waals surface area contributed by atoms with Crippen molar-refractivity contribution in [2.75, 3.05) is 6.54 Å². The first-order chi connectivity index (χ1) is 9.29. The summed E-state index contributed by atoms with van der Waals surface area (Å²) in [5.74, 6) is 0.799. The molecule has 3 heteroatoms. The predicted molar refractivity (Wildman–Crippen MR) is 75.8 cm³/mol. The monoisotopic (exact) mass is 257 g/mol. The van der Waals surface area contributed by atoms with Gasteiger partial charge < -0.3 is 15.6 Å². The molecule has 3 nitrogen and oxygen atoms in total. The van der Waals surface area contributed by atoms with E-state index in [9.17, 15) is 5.11 Å². The number of hydrogen-bond acceptors (Lipinski definition) is 3. The second kappa shape index (κ2) is 6.92. The summed E-state index contributed by atoms with van der Waals surface area (Å²) in [5.41, 5.74) is 7.43. The molecule has 0 aliphatic heterocycles. The standard InChI is InChI=1S/C16H19NO2/c17-11-10-16(18)14-6-8-15(9-7-14)19-12-13-4-2-1-3-5-13/h1-9,16,18H,10-12,17H2. The van der Waals surface area contributed by atoms with Crippen molar-refractivity contribution in [2.24, 2.45) is 5.73 Å². The third-order valence-corrected chi connectivity index (χ3v) is 2.95. The van der Waals surface area contributed by atoms with E-state index in [0.29, 0.717) is 19.6 Å². The zero-order chi connectivity index (χ0) is 13.5. The molecule has 0 spiro atoms. The second-order valence-corrected chi connectivity index (χ2v) is 4.44. The molecule has 3 N–H and O–H groups in total. The first kappa shape index (κ1) is 13.6. The molecule has 0 bridgehead atoms. The highest BCUT2D eigenvalue weighted by atomic mass is 16.5. The highest BCUT2D eigenvalue weighted by Gasteiger charge is 2.06. The first-order valence-corrected chi connectivity index (χ1v) is 6.44. The number of hydrogen-bond donors (Lipinski definition) is 2. The van der Waals surface area contributed by atoms with Crippen molar-refractivity contribution < 1.29 is 9.84 Å². The molecule has 0 saturated carbocycles. The van der Waals surface area contributed by atoms with Crippen LogP contribution in [0.4, 0.5) is 0 Å². The van der Waals surface area contributed by atoms with Gasteiger partial charge in [-0.15, -0.1) is 0 Å². The van der Waals surface area contributed by atoms with Gasteiger partial charge in [-0.1, -0.05) is 42.5 Å². The van der Waals surface area contributed by atoms with Crippen LogP contribution in [0.1, 0.15) is 23.7 Å². The van der Waals surface area contributed by atoms with E-state index in [1.165, 1.54) is 0 Å². The summed E-state index contributed by atoms with van der Waals surface area (Å²) in [4.78, 5) is 0. The number of nitrogens with two attached hydrogens (primary N) is 1. The quantitative estimate of drug-likeness (QED) is 0.836. The van der Waals surface area contributed by atoms with E-state index in [0.717, 1.165) is 16.9 Å². The number of ether oxygens (including phenoxy) is 1. The number of benzene rings is 2. The van der Waals surface area contributed by atoms with Gasteiger partial charge in [-0.2, -0.15) is 0 Å². The van der Waals surface area contributed by atoms with Gasteiger partial charge >= 0.3 is 0 Å². The van der Waals surface area contributed by atoms with Gasteiger partial charge in [0.2, 0.25) is 0 Å². The van der Waals surface area contributed by atoms with Crippen molar-refractivity contribution in [3.05, 3.63) is 65.7 Å². The van der Waals surface area contributed by atoms with Crippen molar-refractivity contribution in [3.63, 3.8) is 0 Å². The molecule has 0 saturated heterocycles. The Labute approximate surface area is 113 Å². The second-order valence-electron chi connectivity index (χ2n) is 4.44. The number of rotatable bonds is 6. The van der Waals surface area contributed by atoms with Gasteiger partial charge in [-0.05, 0) is 36.2 Å². The van der Waals surface area contributed by atoms with E-state index in [2.05, 4.69) is 0 Å². The molecule has 0 aromatic heterocycles. The van der Waals surface area contributed by atoms with Crippen LogP contribution < -0.4 is 10.5 Å². The summed E-state index contributed by atoms with van der Waals surface area (Å²) >= 11 is 0. The zero-order valence-electron chi connectivity index (χ0n) is 10.8. The van der Waals surface area contributed by atoms with Crippen molar-refractivity contribution >= 4 is 0 Å². The molecule has 0 fully saturated rings. The topological polar surface area (TPSA) is 55.5 Å². The highest BCUT2D eigenvalue weighted by Crippen LogP contribution is 2.20. The van der Waals surface area contributed by atoms with Crippen LogP contribution in [0.25, 0.3) is 0 Å². The SMILES string of the molecule is NCCC(O)c1ccc(OCc2ccccc2)cc1. The van der Waals surface area contributed by atoms with Gasteiger partial charge in [0, 0.05) is 0 Å². The predicted octanol–water partition coefficient (Wildman–Crippen LogP) is 2.65. The van der Waals surface area contributed by atoms with E-state index < -0.39 is 6.10 Å². The zero-order valence-corrected chi connectivity index (χ0v) is 10.8. The maximum atomic E-state index is 9.80. The van der Waals surface area contributed by atoms with E-state index in [1.807, 2.05) is 54.6 Å². The van der Waals surface area contributed by atoms with Gasteiger partial charge in [0.05, 0.1) is 6.10 Å². The molecular formula is C16H19NO2. The molecule has 2 aromatic rings. The maximum absolute atomic E-state index is 9.80. The van der Waals surface area contributed by atoms with Crippen LogP contribution in [-0.2, 0) is 6.61 Å². The first-order valence-electron chi connectivity index (χ1n) is 6.44. The molecule has 0 amide bonds. The summed E-state index contributed by atoms with van der Waals surface area (Å²) in [5, 5.41) is 9.80. The Morgan fingerprint density at radius 3 is 2.32 bits per heavy atom. The summed E-state index contributed by atoms with van der Waals surface area (Å²) in [7, 11) is 0. The van der Waals surface area contributed by atoms with Crippen LogP contribution in [0.3, 0.4) is 0 Å². The van der Waals surface area contributed by atoms with Crippen LogP contribution in [0.15, 0.2) is 54.6 Å². The Hall–Kier alpha value is -1.84. The fourth-order valence-electron chi connectivity index (χ4n) is 1.85. The number of aliphatic hydroxyl groups excluding tert-OH is 1. The van der Waals surface area contributed by atoms with E-state index >= 15 is 0 Å². The fraction of sp³-hybridized carbons (Fsp3) is 0.250. The summed E-state index contributed by atoms with van der Waals surface area (Å²) in [6.45, 7) is 1.03. The molecule has 2 aromatic carbocycles.